The van der Waals surface area contributed by atoms with Gasteiger partial charge in [-0.05, 0) is 43.9 Å². The van der Waals surface area contributed by atoms with E-state index >= 15 is 0 Å². The standard InChI is InChI=1S/C27H43N5O3/c1-22-7-6-8-24(23(22)2)29-26(34)20-31-13-11-30(12-14-31)19-25(33)28-21-27(9-4-3-5-10-27)32-15-17-35-18-16-32/h6-8H,3-5,9-21H2,1-2H3,(H,28,33)(H,29,34). The fraction of sp³-hybridized carbons (Fsp3) is 0.704. The number of nitrogens with one attached hydrogen (secondary N) is 2. The Morgan fingerprint density at radius 2 is 1.51 bits per heavy atom. The minimum absolute atomic E-state index is 0.0192. The number of aryl methyl sites for hydroxylation is 1. The van der Waals surface area contributed by atoms with Gasteiger partial charge in [-0.25, -0.2) is 0 Å². The summed E-state index contributed by atoms with van der Waals surface area (Å²) in [5.74, 6) is 0.134. The molecule has 8 nitrogen and oxygen atoms in total. The molecule has 0 unspecified atom stereocenters. The van der Waals surface area contributed by atoms with Crippen LogP contribution in [0.25, 0.3) is 0 Å². The van der Waals surface area contributed by atoms with Crippen LogP contribution in [0.3, 0.4) is 0 Å². The van der Waals surface area contributed by atoms with Crippen molar-refractivity contribution in [3.05, 3.63) is 29.3 Å². The van der Waals surface area contributed by atoms with Crippen molar-refractivity contribution in [3.63, 3.8) is 0 Å². The van der Waals surface area contributed by atoms with E-state index in [9.17, 15) is 9.59 Å². The van der Waals surface area contributed by atoms with Gasteiger partial charge in [0.2, 0.25) is 11.8 Å². The third-order valence-corrected chi connectivity index (χ3v) is 8.16. The molecule has 0 atom stereocenters. The number of hydrogen-bond donors (Lipinski definition) is 2. The van der Waals surface area contributed by atoms with E-state index in [0.29, 0.717) is 13.1 Å². The smallest absolute Gasteiger partial charge is 0.238 e. The van der Waals surface area contributed by atoms with Crippen LogP contribution in [0.5, 0.6) is 0 Å². The molecule has 4 rings (SSSR count). The van der Waals surface area contributed by atoms with Crippen molar-refractivity contribution >= 4 is 17.5 Å². The zero-order valence-electron chi connectivity index (χ0n) is 21.6. The van der Waals surface area contributed by atoms with Crippen LogP contribution in [-0.2, 0) is 14.3 Å². The molecule has 0 spiro atoms. The van der Waals surface area contributed by atoms with Gasteiger partial charge < -0.3 is 15.4 Å². The summed E-state index contributed by atoms with van der Waals surface area (Å²) in [6.07, 6.45) is 6.11. The van der Waals surface area contributed by atoms with E-state index in [2.05, 4.69) is 38.3 Å². The maximum Gasteiger partial charge on any atom is 0.238 e. The van der Waals surface area contributed by atoms with Gasteiger partial charge in [-0.15, -0.1) is 0 Å². The van der Waals surface area contributed by atoms with E-state index in [1.807, 2.05) is 19.1 Å². The highest BCUT2D eigenvalue weighted by atomic mass is 16.5. The molecular formula is C27H43N5O3. The van der Waals surface area contributed by atoms with E-state index < -0.39 is 0 Å². The van der Waals surface area contributed by atoms with Crippen molar-refractivity contribution < 1.29 is 14.3 Å². The van der Waals surface area contributed by atoms with Crippen molar-refractivity contribution in [2.45, 2.75) is 51.5 Å². The fourth-order valence-corrected chi connectivity index (χ4v) is 5.76. The number of carbonyl (C=O) groups excluding carboxylic acids is 2. The number of benzene rings is 1. The molecule has 2 saturated heterocycles. The average Bonchev–Trinajstić information content (AvgIpc) is 2.88. The Morgan fingerprint density at radius 1 is 0.886 bits per heavy atom. The molecule has 194 valence electrons. The van der Waals surface area contributed by atoms with E-state index in [0.717, 1.165) is 83.1 Å². The van der Waals surface area contributed by atoms with Gasteiger partial charge in [0.1, 0.15) is 0 Å². The van der Waals surface area contributed by atoms with E-state index in [-0.39, 0.29) is 17.4 Å². The highest BCUT2D eigenvalue weighted by molar-refractivity contribution is 5.93. The van der Waals surface area contributed by atoms with E-state index in [1.165, 1.54) is 24.8 Å². The number of amides is 2. The first-order chi connectivity index (χ1) is 16.9. The maximum absolute atomic E-state index is 12.8. The summed E-state index contributed by atoms with van der Waals surface area (Å²) in [5, 5.41) is 6.33. The van der Waals surface area contributed by atoms with Crippen LogP contribution in [0, 0.1) is 13.8 Å². The van der Waals surface area contributed by atoms with Gasteiger partial charge >= 0.3 is 0 Å². The van der Waals surface area contributed by atoms with Crippen molar-refractivity contribution in [1.29, 1.82) is 0 Å². The van der Waals surface area contributed by atoms with Crippen LogP contribution in [0.1, 0.15) is 43.2 Å². The van der Waals surface area contributed by atoms with Crippen molar-refractivity contribution in [3.8, 4) is 0 Å². The Morgan fingerprint density at radius 3 is 2.17 bits per heavy atom. The number of anilines is 1. The van der Waals surface area contributed by atoms with Crippen LogP contribution >= 0.6 is 0 Å². The number of nitrogens with zero attached hydrogens (tertiary/aromatic N) is 3. The minimum Gasteiger partial charge on any atom is -0.379 e. The predicted octanol–water partition coefficient (Wildman–Crippen LogP) is 2.01. The molecule has 3 fully saturated rings. The second-order valence-corrected chi connectivity index (χ2v) is 10.5. The SMILES string of the molecule is Cc1cccc(NC(=O)CN2CCN(CC(=O)NCC3(N4CCOCC4)CCCCC3)CC2)c1C. The molecule has 0 bridgehead atoms. The van der Waals surface area contributed by atoms with Crippen molar-refractivity contribution in [2.24, 2.45) is 0 Å². The topological polar surface area (TPSA) is 77.2 Å². The minimum atomic E-state index is 0.0192. The highest BCUT2D eigenvalue weighted by Gasteiger charge is 2.38. The number of carbonyl (C=O) groups is 2. The average molecular weight is 486 g/mol. The van der Waals surface area contributed by atoms with Gasteiger partial charge in [-0.2, -0.15) is 0 Å². The Hall–Kier alpha value is -2.00. The summed E-state index contributed by atoms with van der Waals surface area (Å²) in [7, 11) is 0. The lowest BCUT2D eigenvalue weighted by atomic mass is 9.79. The molecule has 2 heterocycles. The van der Waals surface area contributed by atoms with Crippen molar-refractivity contribution in [1.82, 2.24) is 20.0 Å². The summed E-state index contributed by atoms with van der Waals surface area (Å²) in [6, 6.07) is 5.98. The summed E-state index contributed by atoms with van der Waals surface area (Å²) in [6.45, 7) is 12.4. The maximum atomic E-state index is 12.8. The second-order valence-electron chi connectivity index (χ2n) is 10.5. The van der Waals surface area contributed by atoms with E-state index in [4.69, 9.17) is 4.74 Å². The third kappa shape index (κ3) is 7.03. The monoisotopic (exact) mass is 485 g/mol. The lowest BCUT2D eigenvalue weighted by Crippen LogP contribution is -2.60. The Balaban J connectivity index is 1.19. The van der Waals surface area contributed by atoms with Gasteiger partial charge in [0.15, 0.2) is 0 Å². The molecule has 2 amide bonds. The molecule has 8 heteroatoms. The van der Waals surface area contributed by atoms with Gasteiger partial charge in [0, 0.05) is 57.0 Å². The summed E-state index contributed by atoms with van der Waals surface area (Å²) < 4.78 is 5.57. The normalized spacial score (nSPS) is 22.0. The largest absolute Gasteiger partial charge is 0.379 e. The quantitative estimate of drug-likeness (QED) is 0.587. The van der Waals surface area contributed by atoms with Gasteiger partial charge in [-0.3, -0.25) is 24.3 Å². The zero-order chi connectivity index (χ0) is 24.7. The highest BCUT2D eigenvalue weighted by Crippen LogP contribution is 2.33. The van der Waals surface area contributed by atoms with Crippen LogP contribution in [-0.4, -0.2) is 104 Å². The van der Waals surface area contributed by atoms with Crippen LogP contribution in [0.2, 0.25) is 0 Å². The number of hydrogen-bond acceptors (Lipinski definition) is 6. The second kappa shape index (κ2) is 12.3. The van der Waals surface area contributed by atoms with Gasteiger partial charge in [-0.1, -0.05) is 31.4 Å². The molecule has 1 saturated carbocycles. The Bertz CT molecular complexity index is 856. The Labute approximate surface area is 210 Å². The number of ether oxygens (including phenoxy) is 1. The molecule has 1 aromatic carbocycles. The number of morpholine rings is 1. The van der Waals surface area contributed by atoms with E-state index in [1.54, 1.807) is 0 Å². The molecule has 3 aliphatic rings. The lowest BCUT2D eigenvalue weighted by Gasteiger charge is -2.48. The summed E-state index contributed by atoms with van der Waals surface area (Å²) in [4.78, 5) is 32.3. The first-order valence-corrected chi connectivity index (χ1v) is 13.4. The summed E-state index contributed by atoms with van der Waals surface area (Å²) >= 11 is 0. The zero-order valence-corrected chi connectivity index (χ0v) is 21.6. The number of piperazine rings is 1. The van der Waals surface area contributed by atoms with Crippen LogP contribution < -0.4 is 10.6 Å². The van der Waals surface area contributed by atoms with Gasteiger partial charge in [0.25, 0.3) is 0 Å². The third-order valence-electron chi connectivity index (χ3n) is 8.16. The van der Waals surface area contributed by atoms with Crippen LogP contribution in [0.4, 0.5) is 5.69 Å². The van der Waals surface area contributed by atoms with Gasteiger partial charge in [0.05, 0.1) is 26.3 Å². The molecule has 1 aliphatic carbocycles. The fourth-order valence-electron chi connectivity index (χ4n) is 5.76. The first-order valence-electron chi connectivity index (χ1n) is 13.4. The molecule has 1 aromatic rings. The number of rotatable bonds is 8. The first kappa shape index (κ1) is 26.1. The predicted molar refractivity (Wildman–Crippen MR) is 139 cm³/mol. The van der Waals surface area contributed by atoms with Crippen LogP contribution in [0.15, 0.2) is 18.2 Å². The molecule has 0 aromatic heterocycles. The molecule has 2 aliphatic heterocycles. The molecular weight excluding hydrogens is 442 g/mol. The Kier molecular flexibility index (Phi) is 9.16. The van der Waals surface area contributed by atoms with Crippen molar-refractivity contribution in [2.75, 3.05) is 77.4 Å². The molecule has 0 radical (unpaired) electrons. The molecule has 35 heavy (non-hydrogen) atoms. The summed E-state index contributed by atoms with van der Waals surface area (Å²) in [5.41, 5.74) is 3.27. The molecule has 2 N–H and O–H groups in total. The lowest BCUT2D eigenvalue weighted by molar-refractivity contribution is -0.124.